The van der Waals surface area contributed by atoms with Crippen molar-refractivity contribution >= 4 is 32.5 Å². The predicted molar refractivity (Wildman–Crippen MR) is 86.7 cm³/mol. The molecule has 2 heterocycles. The highest BCUT2D eigenvalue weighted by molar-refractivity contribution is 7.92. The molecule has 1 aromatic carbocycles. The molecule has 8 heteroatoms. The third-order valence-corrected chi connectivity index (χ3v) is 5.01. The first-order valence-corrected chi connectivity index (χ1v) is 8.83. The number of hydrogen-bond acceptors (Lipinski definition) is 5. The summed E-state index contributed by atoms with van der Waals surface area (Å²) in [5, 5.41) is 1.48. The lowest BCUT2D eigenvalue weighted by molar-refractivity contribution is -0.115. The van der Waals surface area contributed by atoms with E-state index in [2.05, 4.69) is 15.3 Å². The average Bonchev–Trinajstić information content (AvgIpc) is 3.13. The number of benzene rings is 1. The van der Waals surface area contributed by atoms with Gasteiger partial charge in [0.25, 0.3) is 0 Å². The van der Waals surface area contributed by atoms with Crippen LogP contribution in [0.5, 0.6) is 0 Å². The maximum Gasteiger partial charge on any atom is 0.242 e. The van der Waals surface area contributed by atoms with E-state index in [0.29, 0.717) is 28.3 Å². The monoisotopic (exact) mass is 333 g/mol. The number of amides is 1. The molecule has 1 amide bonds. The summed E-state index contributed by atoms with van der Waals surface area (Å²) in [5.74, 6) is 0.619. The molecule has 7 nitrogen and oxygen atoms in total. The molecule has 0 fully saturated rings. The molecule has 2 N–H and O–H groups in total. The minimum absolute atomic E-state index is 0.493. The van der Waals surface area contributed by atoms with Crippen LogP contribution >= 0.6 is 0 Å². The number of carbonyl (C=O) groups excluding carboxylic acids is 1. The molecule has 0 radical (unpaired) electrons. The highest BCUT2D eigenvalue weighted by atomic mass is 32.2. The quantitative estimate of drug-likeness (QED) is 0.761. The van der Waals surface area contributed by atoms with Gasteiger partial charge in [0.2, 0.25) is 5.91 Å². The first-order chi connectivity index (χ1) is 10.8. The molecule has 0 saturated heterocycles. The molecule has 0 aliphatic rings. The SMILES string of the molecule is C[C@@H](C(=O)Nc1ccc2nc(-c3ccco3)[nH]c2c1)S(C)(=O)=O. The zero-order chi connectivity index (χ0) is 16.6. The zero-order valence-corrected chi connectivity index (χ0v) is 13.3. The number of fused-ring (bicyclic) bond motifs is 1. The van der Waals surface area contributed by atoms with Crippen LogP contribution in [0.2, 0.25) is 0 Å². The van der Waals surface area contributed by atoms with Gasteiger partial charge in [0.1, 0.15) is 5.25 Å². The van der Waals surface area contributed by atoms with E-state index in [0.717, 1.165) is 6.26 Å². The van der Waals surface area contributed by atoms with Crippen LogP contribution in [0.15, 0.2) is 41.0 Å². The van der Waals surface area contributed by atoms with Gasteiger partial charge in [-0.15, -0.1) is 0 Å². The highest BCUT2D eigenvalue weighted by Gasteiger charge is 2.23. The standard InChI is InChI=1S/C15H15N3O4S/c1-9(23(2,20)21)15(19)16-10-5-6-11-12(8-10)18-14(17-11)13-4-3-7-22-13/h3-9H,1-2H3,(H,16,19)(H,17,18)/t9-/m0/s1. The number of nitrogens with zero attached hydrogens (tertiary/aromatic N) is 1. The molecule has 2 aromatic heterocycles. The number of furan rings is 1. The van der Waals surface area contributed by atoms with Gasteiger partial charge in [-0.05, 0) is 37.3 Å². The maximum absolute atomic E-state index is 12.0. The Morgan fingerprint density at radius 2 is 2.13 bits per heavy atom. The van der Waals surface area contributed by atoms with Gasteiger partial charge in [-0.1, -0.05) is 0 Å². The van der Waals surface area contributed by atoms with Gasteiger partial charge in [-0.2, -0.15) is 0 Å². The van der Waals surface area contributed by atoms with Gasteiger partial charge < -0.3 is 14.7 Å². The number of sulfone groups is 1. The number of H-pyrrole nitrogens is 1. The molecule has 0 saturated carbocycles. The molecule has 0 aliphatic heterocycles. The van der Waals surface area contributed by atoms with Crippen molar-refractivity contribution in [1.29, 1.82) is 0 Å². The van der Waals surface area contributed by atoms with Crippen LogP contribution in [0.4, 0.5) is 5.69 Å². The van der Waals surface area contributed by atoms with Crippen LogP contribution < -0.4 is 5.32 Å². The molecular formula is C15H15N3O4S. The second-order valence-corrected chi connectivity index (χ2v) is 7.62. The first-order valence-electron chi connectivity index (χ1n) is 6.88. The van der Waals surface area contributed by atoms with Gasteiger partial charge in [0.15, 0.2) is 21.4 Å². The molecule has 23 heavy (non-hydrogen) atoms. The predicted octanol–water partition coefficient (Wildman–Crippen LogP) is 2.19. The van der Waals surface area contributed by atoms with Gasteiger partial charge in [0.05, 0.1) is 17.3 Å². The number of anilines is 1. The Bertz CT molecular complexity index is 958. The molecule has 0 unspecified atom stereocenters. The summed E-state index contributed by atoms with van der Waals surface area (Å²) < 4.78 is 28.1. The van der Waals surface area contributed by atoms with Crippen molar-refractivity contribution in [1.82, 2.24) is 9.97 Å². The summed E-state index contributed by atoms with van der Waals surface area (Å²) in [6.07, 6.45) is 2.59. The fourth-order valence-electron chi connectivity index (χ4n) is 2.06. The number of rotatable bonds is 4. The third kappa shape index (κ3) is 3.11. The number of hydrogen-bond donors (Lipinski definition) is 2. The van der Waals surface area contributed by atoms with Gasteiger partial charge >= 0.3 is 0 Å². The van der Waals surface area contributed by atoms with Crippen molar-refractivity contribution in [2.75, 3.05) is 11.6 Å². The van der Waals surface area contributed by atoms with Crippen LogP contribution in [0, 0.1) is 0 Å². The van der Waals surface area contributed by atoms with E-state index >= 15 is 0 Å². The van der Waals surface area contributed by atoms with Crippen LogP contribution in [0.3, 0.4) is 0 Å². The Labute approximate surface area is 132 Å². The molecule has 3 aromatic rings. The third-order valence-electron chi connectivity index (χ3n) is 3.52. The fourth-order valence-corrected chi connectivity index (χ4v) is 2.50. The van der Waals surface area contributed by atoms with Gasteiger partial charge in [0, 0.05) is 11.9 Å². The Hall–Kier alpha value is -2.61. The van der Waals surface area contributed by atoms with E-state index < -0.39 is 21.0 Å². The number of imidazole rings is 1. The lowest BCUT2D eigenvalue weighted by atomic mass is 10.2. The molecule has 0 spiro atoms. The van der Waals surface area contributed by atoms with Crippen LogP contribution in [0.25, 0.3) is 22.6 Å². The number of aromatic amines is 1. The fraction of sp³-hybridized carbons (Fsp3) is 0.200. The van der Waals surface area contributed by atoms with Crippen LogP contribution in [-0.4, -0.2) is 35.8 Å². The van der Waals surface area contributed by atoms with E-state index in [1.165, 1.54) is 6.92 Å². The molecule has 1 atom stereocenters. The number of nitrogens with one attached hydrogen (secondary N) is 2. The summed E-state index contributed by atoms with van der Waals surface area (Å²) in [6.45, 7) is 1.36. The Kier molecular flexibility index (Phi) is 3.69. The second-order valence-electron chi connectivity index (χ2n) is 5.26. The number of aromatic nitrogens is 2. The molecule has 120 valence electrons. The lowest BCUT2D eigenvalue weighted by Crippen LogP contribution is -2.31. The Morgan fingerprint density at radius 1 is 1.35 bits per heavy atom. The Morgan fingerprint density at radius 3 is 2.78 bits per heavy atom. The minimum atomic E-state index is -3.43. The van der Waals surface area contributed by atoms with Crippen molar-refractivity contribution in [3.05, 3.63) is 36.6 Å². The smallest absolute Gasteiger partial charge is 0.242 e. The second kappa shape index (κ2) is 5.54. The summed E-state index contributed by atoms with van der Waals surface area (Å²) >= 11 is 0. The summed E-state index contributed by atoms with van der Waals surface area (Å²) in [7, 11) is -3.43. The topological polar surface area (TPSA) is 105 Å². The molecule has 3 rings (SSSR count). The Balaban J connectivity index is 1.87. The van der Waals surface area contributed by atoms with Crippen LogP contribution in [-0.2, 0) is 14.6 Å². The lowest BCUT2D eigenvalue weighted by Gasteiger charge is -2.10. The largest absolute Gasteiger partial charge is 0.461 e. The summed E-state index contributed by atoms with van der Waals surface area (Å²) in [5.41, 5.74) is 1.92. The van der Waals surface area contributed by atoms with Crippen molar-refractivity contribution in [2.24, 2.45) is 0 Å². The van der Waals surface area contributed by atoms with Gasteiger partial charge in [-0.25, -0.2) is 13.4 Å². The highest BCUT2D eigenvalue weighted by Crippen LogP contribution is 2.23. The summed E-state index contributed by atoms with van der Waals surface area (Å²) in [6, 6.07) is 8.65. The molecular weight excluding hydrogens is 318 g/mol. The van der Waals surface area contributed by atoms with Crippen molar-refractivity contribution in [2.45, 2.75) is 12.2 Å². The average molecular weight is 333 g/mol. The number of carbonyl (C=O) groups is 1. The van der Waals surface area contributed by atoms with E-state index in [-0.39, 0.29) is 0 Å². The van der Waals surface area contributed by atoms with Crippen molar-refractivity contribution < 1.29 is 17.6 Å². The first kappa shape index (κ1) is 15.3. The van der Waals surface area contributed by atoms with Crippen molar-refractivity contribution in [3.8, 4) is 11.6 Å². The van der Waals surface area contributed by atoms with Gasteiger partial charge in [-0.3, -0.25) is 4.79 Å². The maximum atomic E-state index is 12.0. The van der Waals surface area contributed by atoms with E-state index in [4.69, 9.17) is 4.42 Å². The molecule has 0 bridgehead atoms. The summed E-state index contributed by atoms with van der Waals surface area (Å²) in [4.78, 5) is 19.4. The van der Waals surface area contributed by atoms with E-state index in [1.54, 1.807) is 36.6 Å². The van der Waals surface area contributed by atoms with Crippen LogP contribution in [0.1, 0.15) is 6.92 Å². The van der Waals surface area contributed by atoms with Crippen molar-refractivity contribution in [3.63, 3.8) is 0 Å². The van der Waals surface area contributed by atoms with E-state index in [1.807, 2.05) is 0 Å². The zero-order valence-electron chi connectivity index (χ0n) is 12.5. The van der Waals surface area contributed by atoms with E-state index in [9.17, 15) is 13.2 Å². The minimum Gasteiger partial charge on any atom is -0.461 e. The normalized spacial score (nSPS) is 13.1. The molecule has 0 aliphatic carbocycles.